The minimum Gasteiger partial charge on any atom is -0.474 e. The topological polar surface area (TPSA) is 48.4 Å². The second-order valence-electron chi connectivity index (χ2n) is 7.43. The van der Waals surface area contributed by atoms with Crippen LogP contribution in [0.25, 0.3) is 21.6 Å². The van der Waals surface area contributed by atoms with E-state index in [2.05, 4.69) is 16.4 Å². The first-order valence-electron chi connectivity index (χ1n) is 9.68. The quantitative estimate of drug-likeness (QED) is 0.423. The van der Waals surface area contributed by atoms with Crippen LogP contribution in [0.1, 0.15) is 32.3 Å². The molecule has 0 unspecified atom stereocenters. The van der Waals surface area contributed by atoms with Gasteiger partial charge in [0.15, 0.2) is 0 Å². The molecule has 29 heavy (non-hydrogen) atoms. The first-order valence-corrected chi connectivity index (χ1v) is 10.9. The fraction of sp³-hybridized carbons (Fsp3) is 0.304. The zero-order valence-electron chi connectivity index (χ0n) is 16.4. The van der Waals surface area contributed by atoms with Gasteiger partial charge in [-0.2, -0.15) is 0 Å². The Morgan fingerprint density at radius 1 is 1.21 bits per heavy atom. The highest BCUT2D eigenvalue weighted by molar-refractivity contribution is 7.14. The zero-order valence-corrected chi connectivity index (χ0v) is 17.9. The van der Waals surface area contributed by atoms with Crippen LogP contribution in [0.4, 0.5) is 0 Å². The molecule has 0 amide bonds. The average molecular weight is 428 g/mol. The van der Waals surface area contributed by atoms with Crippen molar-refractivity contribution < 1.29 is 14.3 Å². The number of rotatable bonds is 7. The van der Waals surface area contributed by atoms with Crippen molar-refractivity contribution in [1.82, 2.24) is 4.98 Å². The number of ether oxygens (including phenoxy) is 2. The lowest BCUT2D eigenvalue weighted by Crippen LogP contribution is -2.13. The van der Waals surface area contributed by atoms with Gasteiger partial charge in [-0.05, 0) is 67.0 Å². The summed E-state index contributed by atoms with van der Waals surface area (Å²) in [5.41, 5.74) is 3.97. The molecule has 2 heterocycles. The van der Waals surface area contributed by atoms with Crippen molar-refractivity contribution in [2.24, 2.45) is 0 Å². The smallest absolute Gasteiger partial charge is 0.310 e. The molecule has 4 nitrogen and oxygen atoms in total. The van der Waals surface area contributed by atoms with E-state index in [0.717, 1.165) is 40.0 Å². The molecule has 1 aliphatic rings. The van der Waals surface area contributed by atoms with Gasteiger partial charge in [-0.25, -0.2) is 4.98 Å². The van der Waals surface area contributed by atoms with Crippen LogP contribution in [0.3, 0.4) is 0 Å². The van der Waals surface area contributed by atoms with Crippen LogP contribution in [0.15, 0.2) is 48.0 Å². The summed E-state index contributed by atoms with van der Waals surface area (Å²) in [4.78, 5) is 17.2. The third-order valence-corrected chi connectivity index (χ3v) is 5.77. The standard InChI is InChI=1S/C23H22ClNO3S/c1-14(2)27-23(26)10-15-3-6-19(20(24)9-15)21-11-17(13-29-21)16-7-8-25-22(12-16)28-18-4-5-18/h3,6-9,11-14,18H,4-5,10H2,1-2H3. The van der Waals surface area contributed by atoms with Gasteiger partial charge in [0, 0.05) is 27.7 Å². The summed E-state index contributed by atoms with van der Waals surface area (Å²) in [6.07, 6.45) is 4.42. The highest BCUT2D eigenvalue weighted by atomic mass is 35.5. The molecule has 0 atom stereocenters. The highest BCUT2D eigenvalue weighted by Crippen LogP contribution is 2.37. The Morgan fingerprint density at radius 3 is 2.76 bits per heavy atom. The molecule has 3 aromatic rings. The summed E-state index contributed by atoms with van der Waals surface area (Å²) in [6, 6.07) is 11.8. The zero-order chi connectivity index (χ0) is 20.4. The van der Waals surface area contributed by atoms with Crippen molar-refractivity contribution in [3.8, 4) is 27.4 Å². The monoisotopic (exact) mass is 427 g/mol. The molecule has 1 aromatic carbocycles. The molecule has 0 spiro atoms. The maximum absolute atomic E-state index is 11.9. The molecule has 2 aromatic heterocycles. The first kappa shape index (κ1) is 19.9. The van der Waals surface area contributed by atoms with E-state index in [-0.39, 0.29) is 18.5 Å². The predicted molar refractivity (Wildman–Crippen MR) is 117 cm³/mol. The molecule has 150 valence electrons. The maximum Gasteiger partial charge on any atom is 0.310 e. The Bertz CT molecular complexity index is 1030. The summed E-state index contributed by atoms with van der Waals surface area (Å²) < 4.78 is 11.0. The Labute approximate surface area is 179 Å². The second-order valence-corrected chi connectivity index (χ2v) is 8.75. The summed E-state index contributed by atoms with van der Waals surface area (Å²) in [6.45, 7) is 3.68. The average Bonchev–Trinajstić information content (AvgIpc) is 3.34. The van der Waals surface area contributed by atoms with Gasteiger partial charge >= 0.3 is 5.97 Å². The van der Waals surface area contributed by atoms with E-state index < -0.39 is 0 Å². The normalized spacial score (nSPS) is 13.5. The number of halogens is 1. The van der Waals surface area contributed by atoms with Crippen molar-refractivity contribution >= 4 is 28.9 Å². The van der Waals surface area contributed by atoms with Crippen LogP contribution in [0.2, 0.25) is 5.02 Å². The minimum absolute atomic E-state index is 0.120. The van der Waals surface area contributed by atoms with E-state index >= 15 is 0 Å². The van der Waals surface area contributed by atoms with E-state index in [9.17, 15) is 4.79 Å². The summed E-state index contributed by atoms with van der Waals surface area (Å²) in [5, 5.41) is 2.73. The highest BCUT2D eigenvalue weighted by Gasteiger charge is 2.24. The van der Waals surface area contributed by atoms with E-state index in [0.29, 0.717) is 17.0 Å². The number of hydrogen-bond acceptors (Lipinski definition) is 5. The lowest BCUT2D eigenvalue weighted by atomic mass is 10.1. The van der Waals surface area contributed by atoms with Gasteiger partial charge < -0.3 is 9.47 Å². The van der Waals surface area contributed by atoms with E-state index in [1.54, 1.807) is 17.5 Å². The minimum atomic E-state index is -0.246. The van der Waals surface area contributed by atoms with Crippen LogP contribution in [-0.2, 0) is 16.0 Å². The van der Waals surface area contributed by atoms with Crippen molar-refractivity contribution in [3.63, 3.8) is 0 Å². The molecule has 0 radical (unpaired) electrons. The molecule has 1 fully saturated rings. The lowest BCUT2D eigenvalue weighted by Gasteiger charge is -2.09. The van der Waals surface area contributed by atoms with E-state index in [4.69, 9.17) is 21.1 Å². The van der Waals surface area contributed by atoms with Crippen LogP contribution >= 0.6 is 22.9 Å². The van der Waals surface area contributed by atoms with Gasteiger partial charge in [-0.1, -0.05) is 23.7 Å². The first-order chi connectivity index (χ1) is 14.0. The van der Waals surface area contributed by atoms with Crippen LogP contribution in [0, 0.1) is 0 Å². The van der Waals surface area contributed by atoms with Gasteiger partial charge in [-0.3, -0.25) is 4.79 Å². The maximum atomic E-state index is 11.9. The van der Waals surface area contributed by atoms with Gasteiger partial charge in [-0.15, -0.1) is 11.3 Å². The Hall–Kier alpha value is -2.37. The molecular formula is C23H22ClNO3S. The fourth-order valence-corrected chi connectivity index (χ4v) is 4.30. The number of carbonyl (C=O) groups excluding carboxylic acids is 1. The number of hydrogen-bond donors (Lipinski definition) is 0. The largest absolute Gasteiger partial charge is 0.474 e. The number of pyridine rings is 1. The van der Waals surface area contributed by atoms with Crippen molar-refractivity contribution in [1.29, 1.82) is 0 Å². The summed E-state index contributed by atoms with van der Waals surface area (Å²) >= 11 is 8.16. The number of esters is 1. The third-order valence-electron chi connectivity index (χ3n) is 4.49. The van der Waals surface area contributed by atoms with E-state index in [1.165, 1.54) is 0 Å². The second kappa shape index (κ2) is 8.56. The van der Waals surface area contributed by atoms with E-state index in [1.807, 2.05) is 44.2 Å². The van der Waals surface area contributed by atoms with Crippen LogP contribution < -0.4 is 4.74 Å². The number of aromatic nitrogens is 1. The van der Waals surface area contributed by atoms with Gasteiger partial charge in [0.1, 0.15) is 6.10 Å². The van der Waals surface area contributed by atoms with Crippen molar-refractivity contribution in [2.75, 3.05) is 0 Å². The molecule has 1 saturated carbocycles. The fourth-order valence-electron chi connectivity index (χ4n) is 2.98. The van der Waals surface area contributed by atoms with Gasteiger partial charge in [0.05, 0.1) is 12.5 Å². The molecule has 4 rings (SSSR count). The SMILES string of the molecule is CC(C)OC(=O)Cc1ccc(-c2cc(-c3ccnc(OC4CC4)c3)cs2)c(Cl)c1. The van der Waals surface area contributed by atoms with Crippen LogP contribution in [-0.4, -0.2) is 23.2 Å². The van der Waals surface area contributed by atoms with Crippen LogP contribution in [0.5, 0.6) is 5.88 Å². The number of nitrogens with zero attached hydrogens (tertiary/aromatic N) is 1. The Balaban J connectivity index is 1.51. The molecule has 0 aliphatic heterocycles. The predicted octanol–water partition coefficient (Wildman–Crippen LogP) is 6.17. The molecule has 0 saturated heterocycles. The molecule has 6 heteroatoms. The number of carbonyl (C=O) groups is 1. The van der Waals surface area contributed by atoms with Crippen molar-refractivity contribution in [3.05, 3.63) is 58.6 Å². The molecule has 0 bridgehead atoms. The molecule has 0 N–H and O–H groups in total. The van der Waals surface area contributed by atoms with Gasteiger partial charge in [0.2, 0.25) is 5.88 Å². The number of benzene rings is 1. The summed E-state index contributed by atoms with van der Waals surface area (Å²) in [7, 11) is 0. The Morgan fingerprint density at radius 2 is 2.03 bits per heavy atom. The summed E-state index contributed by atoms with van der Waals surface area (Å²) in [5.74, 6) is 0.428. The third kappa shape index (κ3) is 5.17. The van der Waals surface area contributed by atoms with Gasteiger partial charge in [0.25, 0.3) is 0 Å². The molecule has 1 aliphatic carbocycles. The number of thiophene rings is 1. The lowest BCUT2D eigenvalue weighted by molar-refractivity contribution is -0.146. The molecular weight excluding hydrogens is 406 g/mol. The Kier molecular flexibility index (Phi) is 5.88. The van der Waals surface area contributed by atoms with Crippen molar-refractivity contribution in [2.45, 2.75) is 45.3 Å².